The van der Waals surface area contributed by atoms with E-state index < -0.39 is 29.1 Å². The lowest BCUT2D eigenvalue weighted by atomic mass is 9.88. The number of hydrogen-bond acceptors (Lipinski definition) is 3. The Balaban J connectivity index is 2.23. The summed E-state index contributed by atoms with van der Waals surface area (Å²) in [5.74, 6) is -2.27. The largest absolute Gasteiger partial charge is 0.460 e. The SMILES string of the molecule is CC(C)(C)OC(=O)C1CNCC1c1cc(F)ccc1F. The summed E-state index contributed by atoms with van der Waals surface area (Å²) in [6, 6.07) is 3.32. The van der Waals surface area contributed by atoms with E-state index in [0.29, 0.717) is 13.1 Å². The van der Waals surface area contributed by atoms with Gasteiger partial charge in [-0.2, -0.15) is 0 Å². The second kappa shape index (κ2) is 5.48. The van der Waals surface area contributed by atoms with Crippen molar-refractivity contribution in [3.8, 4) is 0 Å². The van der Waals surface area contributed by atoms with Crippen LogP contribution in [0.1, 0.15) is 32.3 Å². The lowest BCUT2D eigenvalue weighted by Gasteiger charge is -2.24. The molecule has 0 aromatic heterocycles. The summed E-state index contributed by atoms with van der Waals surface area (Å²) in [6.07, 6.45) is 0. The summed E-state index contributed by atoms with van der Waals surface area (Å²) in [5, 5.41) is 3.04. The summed E-state index contributed by atoms with van der Waals surface area (Å²) in [4.78, 5) is 12.2. The molecule has 0 radical (unpaired) electrons. The zero-order chi connectivity index (χ0) is 14.9. The van der Waals surface area contributed by atoms with Crippen molar-refractivity contribution in [2.75, 3.05) is 13.1 Å². The first-order valence-corrected chi connectivity index (χ1v) is 6.66. The van der Waals surface area contributed by atoms with Gasteiger partial charge >= 0.3 is 5.97 Å². The minimum absolute atomic E-state index is 0.228. The van der Waals surface area contributed by atoms with Gasteiger partial charge in [-0.05, 0) is 44.5 Å². The van der Waals surface area contributed by atoms with Crippen molar-refractivity contribution in [3.05, 3.63) is 35.4 Å². The standard InChI is InChI=1S/C15H19F2NO2/c1-15(2,3)20-14(19)12-8-18-7-11(12)10-6-9(16)4-5-13(10)17/h4-6,11-12,18H,7-8H2,1-3H3. The van der Waals surface area contributed by atoms with Crippen molar-refractivity contribution in [1.29, 1.82) is 0 Å². The number of halogens is 2. The summed E-state index contributed by atoms with van der Waals surface area (Å²) in [7, 11) is 0. The van der Waals surface area contributed by atoms with Gasteiger partial charge in [0.05, 0.1) is 5.92 Å². The van der Waals surface area contributed by atoms with Crippen LogP contribution >= 0.6 is 0 Å². The lowest BCUT2D eigenvalue weighted by molar-refractivity contribution is -0.159. The Kier molecular flexibility index (Phi) is 4.09. The number of benzene rings is 1. The van der Waals surface area contributed by atoms with E-state index in [0.717, 1.165) is 18.2 Å². The first kappa shape index (κ1) is 14.9. The highest BCUT2D eigenvalue weighted by Gasteiger charge is 2.38. The minimum atomic E-state index is -0.593. The molecule has 0 bridgehead atoms. The predicted molar refractivity (Wildman–Crippen MR) is 71.3 cm³/mol. The van der Waals surface area contributed by atoms with E-state index in [1.54, 1.807) is 20.8 Å². The maximum atomic E-state index is 13.8. The second-order valence-corrected chi connectivity index (χ2v) is 6.07. The van der Waals surface area contributed by atoms with Gasteiger partial charge in [0, 0.05) is 19.0 Å². The van der Waals surface area contributed by atoms with Crippen molar-refractivity contribution >= 4 is 5.97 Å². The van der Waals surface area contributed by atoms with E-state index in [9.17, 15) is 13.6 Å². The molecule has 1 aromatic rings. The highest BCUT2D eigenvalue weighted by molar-refractivity contribution is 5.75. The van der Waals surface area contributed by atoms with E-state index >= 15 is 0 Å². The van der Waals surface area contributed by atoms with Crippen LogP contribution in [0.15, 0.2) is 18.2 Å². The van der Waals surface area contributed by atoms with Crippen LogP contribution in [-0.2, 0) is 9.53 Å². The quantitative estimate of drug-likeness (QED) is 0.848. The fourth-order valence-electron chi connectivity index (χ4n) is 2.43. The average Bonchev–Trinajstić information content (AvgIpc) is 2.79. The molecule has 3 nitrogen and oxygen atoms in total. The molecule has 1 aliphatic heterocycles. The molecule has 1 saturated heterocycles. The molecule has 0 amide bonds. The molecule has 5 heteroatoms. The minimum Gasteiger partial charge on any atom is -0.460 e. The van der Waals surface area contributed by atoms with Gasteiger partial charge in [0.1, 0.15) is 17.2 Å². The number of ether oxygens (including phenoxy) is 1. The second-order valence-electron chi connectivity index (χ2n) is 6.07. The smallest absolute Gasteiger partial charge is 0.311 e. The molecule has 2 unspecified atom stereocenters. The van der Waals surface area contributed by atoms with E-state index in [1.165, 1.54) is 0 Å². The fraction of sp³-hybridized carbons (Fsp3) is 0.533. The number of rotatable bonds is 2. The Bertz CT molecular complexity index is 511. The van der Waals surface area contributed by atoms with Crippen LogP contribution in [0.5, 0.6) is 0 Å². The Morgan fingerprint density at radius 1 is 1.30 bits per heavy atom. The van der Waals surface area contributed by atoms with E-state index in [2.05, 4.69) is 5.32 Å². The van der Waals surface area contributed by atoms with Crippen molar-refractivity contribution in [3.63, 3.8) is 0 Å². The van der Waals surface area contributed by atoms with Crippen molar-refractivity contribution in [1.82, 2.24) is 5.32 Å². The molecule has 1 aliphatic rings. The van der Waals surface area contributed by atoms with Gasteiger partial charge in [-0.1, -0.05) is 0 Å². The summed E-state index contributed by atoms with van der Waals surface area (Å²) in [5.41, 5.74) is -0.365. The van der Waals surface area contributed by atoms with Crippen LogP contribution in [0.2, 0.25) is 0 Å². The van der Waals surface area contributed by atoms with E-state index in [4.69, 9.17) is 4.74 Å². The summed E-state index contributed by atoms with van der Waals surface area (Å²) < 4.78 is 32.5. The third-order valence-corrected chi connectivity index (χ3v) is 3.28. The maximum Gasteiger partial charge on any atom is 0.311 e. The summed E-state index contributed by atoms with van der Waals surface area (Å²) >= 11 is 0. The van der Waals surface area contributed by atoms with Crippen LogP contribution in [-0.4, -0.2) is 24.7 Å². The predicted octanol–water partition coefficient (Wildman–Crippen LogP) is 2.61. The Morgan fingerprint density at radius 3 is 2.65 bits per heavy atom. The van der Waals surface area contributed by atoms with Gasteiger partial charge in [0.25, 0.3) is 0 Å². The molecule has 0 saturated carbocycles. The van der Waals surface area contributed by atoms with Crippen molar-refractivity contribution in [2.45, 2.75) is 32.3 Å². The molecule has 0 aliphatic carbocycles. The molecule has 20 heavy (non-hydrogen) atoms. The molecular formula is C15H19F2NO2. The molecule has 2 rings (SSSR count). The topological polar surface area (TPSA) is 38.3 Å². The van der Waals surface area contributed by atoms with Crippen LogP contribution in [0, 0.1) is 17.6 Å². The van der Waals surface area contributed by atoms with Gasteiger partial charge in [0.15, 0.2) is 0 Å². The maximum absolute atomic E-state index is 13.8. The van der Waals surface area contributed by atoms with Gasteiger partial charge in [-0.25, -0.2) is 8.78 Å². The highest BCUT2D eigenvalue weighted by atomic mass is 19.1. The monoisotopic (exact) mass is 283 g/mol. The fourth-order valence-corrected chi connectivity index (χ4v) is 2.43. The van der Waals surface area contributed by atoms with E-state index in [1.807, 2.05) is 0 Å². The molecule has 0 spiro atoms. The number of esters is 1. The third-order valence-electron chi connectivity index (χ3n) is 3.28. The molecule has 1 aromatic carbocycles. The van der Waals surface area contributed by atoms with Gasteiger partial charge in [0.2, 0.25) is 0 Å². The number of nitrogens with one attached hydrogen (secondary N) is 1. The van der Waals surface area contributed by atoms with Gasteiger partial charge in [-0.15, -0.1) is 0 Å². The third kappa shape index (κ3) is 3.33. The molecule has 1 heterocycles. The van der Waals surface area contributed by atoms with Crippen LogP contribution < -0.4 is 5.32 Å². The Labute approximate surface area is 117 Å². The van der Waals surface area contributed by atoms with Crippen molar-refractivity contribution in [2.24, 2.45) is 5.92 Å². The number of carbonyl (C=O) groups is 1. The zero-order valence-electron chi connectivity index (χ0n) is 11.9. The average molecular weight is 283 g/mol. The number of carbonyl (C=O) groups excluding carboxylic acids is 1. The normalized spacial score (nSPS) is 22.9. The first-order valence-electron chi connectivity index (χ1n) is 6.66. The summed E-state index contributed by atoms with van der Waals surface area (Å²) in [6.45, 7) is 6.20. The molecule has 1 fully saturated rings. The van der Waals surface area contributed by atoms with E-state index in [-0.39, 0.29) is 11.5 Å². The zero-order valence-corrected chi connectivity index (χ0v) is 11.9. The van der Waals surface area contributed by atoms with Crippen LogP contribution in [0.25, 0.3) is 0 Å². The lowest BCUT2D eigenvalue weighted by Crippen LogP contribution is -2.32. The Morgan fingerprint density at radius 2 is 2.00 bits per heavy atom. The number of hydrogen-bond donors (Lipinski definition) is 1. The van der Waals surface area contributed by atoms with Crippen molar-refractivity contribution < 1.29 is 18.3 Å². The molecular weight excluding hydrogens is 264 g/mol. The first-order chi connectivity index (χ1) is 9.28. The molecule has 110 valence electrons. The highest BCUT2D eigenvalue weighted by Crippen LogP contribution is 2.32. The van der Waals surface area contributed by atoms with Gasteiger partial charge < -0.3 is 10.1 Å². The molecule has 1 N–H and O–H groups in total. The van der Waals surface area contributed by atoms with Crippen LogP contribution in [0.3, 0.4) is 0 Å². The van der Waals surface area contributed by atoms with Gasteiger partial charge in [-0.3, -0.25) is 4.79 Å². The van der Waals surface area contributed by atoms with Crippen LogP contribution in [0.4, 0.5) is 8.78 Å². The Hall–Kier alpha value is -1.49. The molecule has 2 atom stereocenters.